The van der Waals surface area contributed by atoms with Crippen molar-refractivity contribution in [1.29, 1.82) is 0 Å². The zero-order valence-corrected chi connectivity index (χ0v) is 17.5. The zero-order chi connectivity index (χ0) is 18.8. The number of allylic oxidation sites excluding steroid dienone is 3. The maximum atomic E-state index is 12.3. The lowest BCUT2D eigenvalue weighted by molar-refractivity contribution is -0.120. The summed E-state index contributed by atoms with van der Waals surface area (Å²) in [5.74, 6) is 3.42. The average Bonchev–Trinajstić information content (AvgIpc) is 2.90. The van der Waals surface area contributed by atoms with Gasteiger partial charge in [0.2, 0.25) is 0 Å². The van der Waals surface area contributed by atoms with Crippen LogP contribution in [-0.2, 0) is 4.79 Å². The summed E-state index contributed by atoms with van der Waals surface area (Å²) in [5.41, 5.74) is 1.46. The van der Waals surface area contributed by atoms with E-state index in [0.717, 1.165) is 43.4 Å². The maximum Gasteiger partial charge on any atom is 0.133 e. The van der Waals surface area contributed by atoms with Crippen molar-refractivity contribution < 1.29 is 4.79 Å². The molecule has 26 heavy (non-hydrogen) atoms. The Kier molecular flexibility index (Phi) is 9.72. The lowest BCUT2D eigenvalue weighted by atomic mass is 9.79. The van der Waals surface area contributed by atoms with Crippen molar-refractivity contribution >= 4 is 5.78 Å². The molecule has 0 bridgehead atoms. The first-order valence-electron chi connectivity index (χ1n) is 11.4. The second-order valence-corrected chi connectivity index (χ2v) is 9.10. The van der Waals surface area contributed by atoms with Crippen molar-refractivity contribution in [3.63, 3.8) is 0 Å². The van der Waals surface area contributed by atoms with Crippen molar-refractivity contribution in [2.45, 2.75) is 104 Å². The third-order valence-electron chi connectivity index (χ3n) is 6.92. The number of unbranched alkanes of at least 4 members (excludes halogenated alkanes) is 4. The van der Waals surface area contributed by atoms with E-state index in [4.69, 9.17) is 0 Å². The minimum Gasteiger partial charge on any atom is -0.300 e. The summed E-state index contributed by atoms with van der Waals surface area (Å²) in [6.45, 7) is 9.07. The molecule has 0 heterocycles. The second kappa shape index (κ2) is 11.8. The van der Waals surface area contributed by atoms with Crippen molar-refractivity contribution in [3.05, 3.63) is 24.3 Å². The number of ketones is 1. The fraction of sp³-hybridized carbons (Fsp3) is 0.800. The number of carbonyl (C=O) groups excluding carboxylic acids is 1. The van der Waals surface area contributed by atoms with Crippen molar-refractivity contribution in [3.8, 4) is 0 Å². The molecule has 0 radical (unpaired) electrons. The Morgan fingerprint density at radius 2 is 1.96 bits per heavy atom. The Bertz CT molecular complexity index is 461. The van der Waals surface area contributed by atoms with E-state index < -0.39 is 0 Å². The van der Waals surface area contributed by atoms with E-state index in [1.807, 2.05) is 0 Å². The number of Topliss-reactive ketones (excluding diaryl/α,β-unsaturated/α-hetero) is 1. The summed E-state index contributed by atoms with van der Waals surface area (Å²) < 4.78 is 0. The Hall–Kier alpha value is -0.850. The average molecular weight is 359 g/mol. The van der Waals surface area contributed by atoms with E-state index in [2.05, 4.69) is 32.6 Å². The van der Waals surface area contributed by atoms with Crippen LogP contribution in [0, 0.1) is 23.7 Å². The number of carbonyl (C=O) groups is 1. The normalized spacial score (nSPS) is 30.8. The second-order valence-electron chi connectivity index (χ2n) is 9.10. The van der Waals surface area contributed by atoms with Gasteiger partial charge in [0.1, 0.15) is 5.78 Å². The van der Waals surface area contributed by atoms with Gasteiger partial charge in [-0.25, -0.2) is 0 Å². The Morgan fingerprint density at radius 1 is 1.15 bits per heavy atom. The molecule has 0 amide bonds. The van der Waals surface area contributed by atoms with E-state index in [0.29, 0.717) is 11.7 Å². The Morgan fingerprint density at radius 3 is 2.77 bits per heavy atom. The minimum atomic E-state index is 0.514. The monoisotopic (exact) mass is 358 g/mol. The van der Waals surface area contributed by atoms with Crippen LogP contribution in [0.25, 0.3) is 0 Å². The van der Waals surface area contributed by atoms with Crippen molar-refractivity contribution in [2.24, 2.45) is 23.7 Å². The molecule has 0 N–H and O–H groups in total. The Balaban J connectivity index is 1.82. The predicted octanol–water partition coefficient (Wildman–Crippen LogP) is 7.66. The summed E-state index contributed by atoms with van der Waals surface area (Å²) in [7, 11) is 0. The number of hydrogen-bond donors (Lipinski definition) is 0. The van der Waals surface area contributed by atoms with Gasteiger partial charge >= 0.3 is 0 Å². The third-order valence-corrected chi connectivity index (χ3v) is 6.92. The first-order chi connectivity index (χ1) is 12.6. The molecule has 0 aromatic rings. The molecule has 2 aliphatic carbocycles. The van der Waals surface area contributed by atoms with Crippen LogP contribution in [-0.4, -0.2) is 5.78 Å². The molecule has 0 spiro atoms. The van der Waals surface area contributed by atoms with E-state index in [1.54, 1.807) is 0 Å². The van der Waals surface area contributed by atoms with Crippen LogP contribution >= 0.6 is 0 Å². The third kappa shape index (κ3) is 7.05. The summed E-state index contributed by atoms with van der Waals surface area (Å²) >= 11 is 0. The van der Waals surface area contributed by atoms with E-state index in [1.165, 1.54) is 69.8 Å². The lowest BCUT2D eigenvalue weighted by Crippen LogP contribution is -2.19. The van der Waals surface area contributed by atoms with Crippen molar-refractivity contribution in [2.75, 3.05) is 0 Å². The Labute approximate surface area is 162 Å². The van der Waals surface area contributed by atoms with Gasteiger partial charge in [0.15, 0.2) is 0 Å². The van der Waals surface area contributed by atoms with Gasteiger partial charge in [-0.05, 0) is 75.0 Å². The topological polar surface area (TPSA) is 17.1 Å². The fourth-order valence-corrected chi connectivity index (χ4v) is 5.36. The summed E-state index contributed by atoms with van der Waals surface area (Å²) in [5, 5.41) is 0. The number of fused-ring (bicyclic) bond motifs is 1. The van der Waals surface area contributed by atoms with Gasteiger partial charge in [-0.1, -0.05) is 63.8 Å². The van der Waals surface area contributed by atoms with Crippen LogP contribution in [0.4, 0.5) is 0 Å². The van der Waals surface area contributed by atoms with Gasteiger partial charge in [-0.2, -0.15) is 0 Å². The van der Waals surface area contributed by atoms with Crippen molar-refractivity contribution in [1.82, 2.24) is 0 Å². The molecule has 1 saturated carbocycles. The molecule has 1 nitrogen and oxygen atoms in total. The first-order valence-corrected chi connectivity index (χ1v) is 11.4. The summed E-state index contributed by atoms with van der Waals surface area (Å²) in [6, 6.07) is 0. The molecule has 4 atom stereocenters. The van der Waals surface area contributed by atoms with Crippen LogP contribution in [0.1, 0.15) is 104 Å². The van der Waals surface area contributed by atoms with Crippen LogP contribution in [0.2, 0.25) is 0 Å². The molecular formula is C25H42O. The highest BCUT2D eigenvalue weighted by atomic mass is 16.1. The highest BCUT2D eigenvalue weighted by Crippen LogP contribution is 2.48. The van der Waals surface area contributed by atoms with E-state index >= 15 is 0 Å². The number of rotatable bonds is 9. The number of hydrogen-bond acceptors (Lipinski definition) is 1. The molecule has 0 aliphatic heterocycles. The first kappa shape index (κ1) is 21.5. The van der Waals surface area contributed by atoms with Gasteiger partial charge in [0.25, 0.3) is 0 Å². The van der Waals surface area contributed by atoms with E-state index in [9.17, 15) is 4.79 Å². The molecule has 1 fully saturated rings. The molecular weight excluding hydrogens is 316 g/mol. The summed E-state index contributed by atoms with van der Waals surface area (Å²) in [4.78, 5) is 12.3. The van der Waals surface area contributed by atoms with Gasteiger partial charge in [0.05, 0.1) is 0 Å². The molecule has 0 saturated heterocycles. The van der Waals surface area contributed by atoms with Crippen LogP contribution < -0.4 is 0 Å². The molecule has 1 heteroatoms. The summed E-state index contributed by atoms with van der Waals surface area (Å²) in [6.07, 6.45) is 21.4. The molecule has 148 valence electrons. The zero-order valence-electron chi connectivity index (χ0n) is 17.5. The molecule has 0 aromatic carbocycles. The fourth-order valence-electron chi connectivity index (χ4n) is 5.36. The minimum absolute atomic E-state index is 0.514. The van der Waals surface area contributed by atoms with Gasteiger partial charge in [-0.15, -0.1) is 0 Å². The van der Waals surface area contributed by atoms with Gasteiger partial charge < -0.3 is 0 Å². The van der Waals surface area contributed by atoms with Crippen LogP contribution in [0.15, 0.2) is 24.3 Å². The smallest absolute Gasteiger partial charge is 0.133 e. The lowest BCUT2D eigenvalue weighted by Gasteiger charge is -2.26. The quantitative estimate of drug-likeness (QED) is 0.305. The van der Waals surface area contributed by atoms with Crippen LogP contribution in [0.5, 0.6) is 0 Å². The van der Waals surface area contributed by atoms with Gasteiger partial charge in [-0.3, -0.25) is 4.79 Å². The molecule has 0 unspecified atom stereocenters. The van der Waals surface area contributed by atoms with Crippen LogP contribution in [0.3, 0.4) is 0 Å². The molecule has 2 rings (SSSR count). The van der Waals surface area contributed by atoms with Gasteiger partial charge in [0, 0.05) is 12.8 Å². The largest absolute Gasteiger partial charge is 0.300 e. The highest BCUT2D eigenvalue weighted by molar-refractivity contribution is 5.78. The standard InChI is InChI=1S/C25H42O/c1-4-5-6-7-10-13-20(2)16-17-24-21(3)18-22-19-23(26)14-11-8-9-12-15-25(22)24/h9,12,21-22,24-25H,2,4-8,10-11,13-19H2,1,3H3/b12-9-/t21-,22-,24+,25+/m1/s1. The highest BCUT2D eigenvalue weighted by Gasteiger charge is 2.40. The predicted molar refractivity (Wildman–Crippen MR) is 113 cm³/mol. The maximum absolute atomic E-state index is 12.3. The SMILES string of the molecule is C=C(CCCCCCC)CC[C@@H]1[C@H]2C/C=C\CCCC(=O)C[C@H]2C[C@H]1C. The van der Waals surface area contributed by atoms with E-state index in [-0.39, 0.29) is 0 Å². The molecule has 2 aliphatic rings. The molecule has 0 aromatic heterocycles.